The van der Waals surface area contributed by atoms with E-state index in [2.05, 4.69) is 17.7 Å². The molecule has 0 aliphatic carbocycles. The van der Waals surface area contributed by atoms with E-state index in [9.17, 15) is 4.79 Å². The van der Waals surface area contributed by atoms with Gasteiger partial charge in [0.15, 0.2) is 0 Å². The van der Waals surface area contributed by atoms with Crippen molar-refractivity contribution in [2.75, 3.05) is 20.2 Å². The summed E-state index contributed by atoms with van der Waals surface area (Å²) in [6.07, 6.45) is 2.00. The first-order valence-corrected chi connectivity index (χ1v) is 10.7. The molecule has 1 aliphatic heterocycles. The molecule has 3 heterocycles. The molecule has 0 N–H and O–H groups in total. The Morgan fingerprint density at radius 1 is 1.13 bits per heavy atom. The van der Waals surface area contributed by atoms with Crippen molar-refractivity contribution in [2.24, 2.45) is 7.05 Å². The molecule has 5 rings (SSSR count). The second-order valence-corrected chi connectivity index (χ2v) is 8.26. The van der Waals surface area contributed by atoms with Crippen LogP contribution < -0.4 is 4.74 Å². The second kappa shape index (κ2) is 7.69. The molecule has 0 bridgehead atoms. The molecule has 4 aromatic rings. The lowest BCUT2D eigenvalue weighted by Gasteiger charge is -2.32. The summed E-state index contributed by atoms with van der Waals surface area (Å²) < 4.78 is 7.60. The summed E-state index contributed by atoms with van der Waals surface area (Å²) in [5.74, 6) is 2.04. The lowest BCUT2D eigenvalue weighted by molar-refractivity contribution is 0.0702. The first kappa shape index (κ1) is 19.5. The van der Waals surface area contributed by atoms with Crippen molar-refractivity contribution in [3.8, 4) is 5.75 Å². The van der Waals surface area contributed by atoms with E-state index in [0.717, 1.165) is 58.6 Å². The number of pyridine rings is 1. The molecule has 6 heteroatoms. The number of carbonyl (C=O) groups is 1. The van der Waals surface area contributed by atoms with Crippen molar-refractivity contribution < 1.29 is 9.53 Å². The van der Waals surface area contributed by atoms with Crippen molar-refractivity contribution in [3.05, 3.63) is 65.6 Å². The average molecular weight is 415 g/mol. The van der Waals surface area contributed by atoms with E-state index < -0.39 is 0 Å². The lowest BCUT2D eigenvalue weighted by Crippen LogP contribution is -2.40. The Kier molecular flexibility index (Phi) is 4.85. The fourth-order valence-corrected chi connectivity index (χ4v) is 4.72. The van der Waals surface area contributed by atoms with Crippen molar-refractivity contribution in [2.45, 2.75) is 25.7 Å². The predicted octanol–water partition coefficient (Wildman–Crippen LogP) is 4.46. The number of para-hydroxylation sites is 3. The monoisotopic (exact) mass is 414 g/mol. The number of fused-ring (bicyclic) bond motifs is 2. The van der Waals surface area contributed by atoms with Crippen LogP contribution in [0.1, 0.15) is 40.6 Å². The number of nitrogens with zero attached hydrogens (tertiary/aromatic N) is 4. The fraction of sp³-hybridized carbons (Fsp3) is 0.320. The van der Waals surface area contributed by atoms with Crippen LogP contribution in [0, 0.1) is 6.92 Å². The zero-order valence-electron chi connectivity index (χ0n) is 18.1. The van der Waals surface area contributed by atoms with Crippen LogP contribution in [0.4, 0.5) is 0 Å². The molecule has 0 radical (unpaired) electrons. The molecule has 6 nitrogen and oxygen atoms in total. The van der Waals surface area contributed by atoms with Gasteiger partial charge in [0.2, 0.25) is 0 Å². The highest BCUT2D eigenvalue weighted by Crippen LogP contribution is 2.31. The van der Waals surface area contributed by atoms with Gasteiger partial charge in [0.05, 0.1) is 29.4 Å². The highest BCUT2D eigenvalue weighted by Gasteiger charge is 2.29. The quantitative estimate of drug-likeness (QED) is 0.497. The molecule has 2 aromatic heterocycles. The third-order valence-electron chi connectivity index (χ3n) is 6.35. The predicted molar refractivity (Wildman–Crippen MR) is 122 cm³/mol. The Labute approximate surface area is 181 Å². The second-order valence-electron chi connectivity index (χ2n) is 8.26. The SMILES string of the molecule is COc1cccc2cc(C(=O)N3CCC[C@@H](c4nc5ccccc5n4C)C3)c(C)nc12. The van der Waals surface area contributed by atoms with E-state index in [4.69, 9.17) is 14.7 Å². The van der Waals surface area contributed by atoms with E-state index in [1.54, 1.807) is 7.11 Å². The summed E-state index contributed by atoms with van der Waals surface area (Å²) in [5, 5.41) is 0.914. The molecule has 1 fully saturated rings. The van der Waals surface area contributed by atoms with Crippen LogP contribution in [0.5, 0.6) is 5.75 Å². The summed E-state index contributed by atoms with van der Waals surface area (Å²) in [7, 11) is 3.70. The first-order chi connectivity index (χ1) is 15.1. The van der Waals surface area contributed by atoms with Gasteiger partial charge in [-0.3, -0.25) is 4.79 Å². The molecular formula is C25H26N4O2. The minimum absolute atomic E-state index is 0.0400. The number of aromatic nitrogens is 3. The number of aryl methyl sites for hydroxylation is 2. The number of hydrogen-bond acceptors (Lipinski definition) is 4. The number of piperidine rings is 1. The van der Waals surface area contributed by atoms with Gasteiger partial charge < -0.3 is 14.2 Å². The molecular weight excluding hydrogens is 388 g/mol. The van der Waals surface area contributed by atoms with Crippen LogP contribution in [0.15, 0.2) is 48.5 Å². The normalized spacial score (nSPS) is 16.7. The molecule has 1 saturated heterocycles. The highest BCUT2D eigenvalue weighted by molar-refractivity contribution is 5.99. The Morgan fingerprint density at radius 2 is 1.97 bits per heavy atom. The number of ether oxygens (including phenoxy) is 1. The van der Waals surface area contributed by atoms with Crippen molar-refractivity contribution in [1.82, 2.24) is 19.4 Å². The zero-order chi connectivity index (χ0) is 21.5. The van der Waals surface area contributed by atoms with Crippen LogP contribution in [-0.2, 0) is 7.05 Å². The largest absolute Gasteiger partial charge is 0.494 e. The van der Waals surface area contributed by atoms with Gasteiger partial charge in [-0.15, -0.1) is 0 Å². The third kappa shape index (κ3) is 3.32. The molecule has 2 aromatic carbocycles. The summed E-state index contributed by atoms with van der Waals surface area (Å²) in [5.41, 5.74) is 4.31. The standard InChI is InChI=1S/C25H26N4O2/c1-16-19(14-17-8-6-12-22(31-3)23(17)26-16)25(30)29-13-7-9-18(15-29)24-27-20-10-4-5-11-21(20)28(24)2/h4-6,8,10-12,14,18H,7,9,13,15H2,1-3H3/t18-/m1/s1. The topological polar surface area (TPSA) is 60.2 Å². The first-order valence-electron chi connectivity index (χ1n) is 10.7. The summed E-state index contributed by atoms with van der Waals surface area (Å²) in [6, 6.07) is 15.9. The van der Waals surface area contributed by atoms with Crippen LogP contribution in [0.3, 0.4) is 0 Å². The molecule has 0 saturated carbocycles. The molecule has 0 unspecified atom stereocenters. The number of hydrogen-bond donors (Lipinski definition) is 0. The Balaban J connectivity index is 1.45. The smallest absolute Gasteiger partial charge is 0.255 e. The minimum atomic E-state index is 0.0400. The van der Waals surface area contributed by atoms with E-state index in [1.165, 1.54) is 0 Å². The van der Waals surface area contributed by atoms with Gasteiger partial charge in [0, 0.05) is 31.4 Å². The van der Waals surface area contributed by atoms with E-state index in [0.29, 0.717) is 12.1 Å². The zero-order valence-corrected chi connectivity index (χ0v) is 18.1. The molecule has 31 heavy (non-hydrogen) atoms. The van der Waals surface area contributed by atoms with Crippen molar-refractivity contribution >= 4 is 27.8 Å². The van der Waals surface area contributed by atoms with Crippen molar-refractivity contribution in [1.29, 1.82) is 0 Å². The molecule has 1 atom stereocenters. The van der Waals surface area contributed by atoms with Crippen LogP contribution in [-0.4, -0.2) is 45.5 Å². The van der Waals surface area contributed by atoms with Crippen LogP contribution in [0.25, 0.3) is 21.9 Å². The van der Waals surface area contributed by atoms with Gasteiger partial charge in [-0.05, 0) is 44.0 Å². The maximum Gasteiger partial charge on any atom is 0.255 e. The number of rotatable bonds is 3. The number of benzene rings is 2. The summed E-state index contributed by atoms with van der Waals surface area (Å²) in [4.78, 5) is 25.0. The molecule has 1 amide bonds. The maximum absolute atomic E-state index is 13.5. The van der Waals surface area contributed by atoms with Gasteiger partial charge >= 0.3 is 0 Å². The minimum Gasteiger partial charge on any atom is -0.494 e. The maximum atomic E-state index is 13.5. The molecule has 158 valence electrons. The third-order valence-corrected chi connectivity index (χ3v) is 6.35. The number of carbonyl (C=O) groups excluding carboxylic acids is 1. The lowest BCUT2D eigenvalue weighted by atomic mass is 9.96. The van der Waals surface area contributed by atoms with E-state index in [1.807, 2.05) is 54.3 Å². The number of amides is 1. The summed E-state index contributed by atoms with van der Waals surface area (Å²) in [6.45, 7) is 3.33. The Morgan fingerprint density at radius 3 is 2.77 bits per heavy atom. The van der Waals surface area contributed by atoms with E-state index >= 15 is 0 Å². The number of imidazole rings is 1. The molecule has 1 aliphatic rings. The van der Waals surface area contributed by atoms with Gasteiger partial charge in [-0.25, -0.2) is 9.97 Å². The van der Waals surface area contributed by atoms with E-state index in [-0.39, 0.29) is 11.8 Å². The number of methoxy groups -OCH3 is 1. The highest BCUT2D eigenvalue weighted by atomic mass is 16.5. The Bertz CT molecular complexity index is 1290. The van der Waals surface area contributed by atoms with Gasteiger partial charge in [0.25, 0.3) is 5.91 Å². The Hall–Kier alpha value is -3.41. The van der Waals surface area contributed by atoms with Gasteiger partial charge in [-0.1, -0.05) is 24.3 Å². The van der Waals surface area contributed by atoms with Gasteiger partial charge in [0.1, 0.15) is 17.1 Å². The average Bonchev–Trinajstić information content (AvgIpc) is 3.14. The van der Waals surface area contributed by atoms with Gasteiger partial charge in [-0.2, -0.15) is 0 Å². The summed E-state index contributed by atoms with van der Waals surface area (Å²) >= 11 is 0. The molecule has 0 spiro atoms. The fourth-order valence-electron chi connectivity index (χ4n) is 4.72. The van der Waals surface area contributed by atoms with Crippen molar-refractivity contribution in [3.63, 3.8) is 0 Å². The van der Waals surface area contributed by atoms with Crippen LogP contribution in [0.2, 0.25) is 0 Å². The van der Waals surface area contributed by atoms with Crippen LogP contribution >= 0.6 is 0 Å². The number of likely N-dealkylation sites (tertiary alicyclic amines) is 1.